The average molecular weight is 1370 g/mol. The van der Waals surface area contributed by atoms with Crippen LogP contribution >= 0.6 is 15.6 Å². The van der Waals surface area contributed by atoms with E-state index >= 15 is 0 Å². The van der Waals surface area contributed by atoms with E-state index in [1.165, 1.54) is 51.4 Å². The topological polar surface area (TPSA) is 237 Å². The number of unbranched alkanes of at least 4 members (excludes halogenated alkanes) is 29. The number of esters is 4. The summed E-state index contributed by atoms with van der Waals surface area (Å²) in [6.45, 7) is 4.61. The van der Waals surface area contributed by atoms with Crippen LogP contribution in [-0.4, -0.2) is 96.7 Å². The summed E-state index contributed by atoms with van der Waals surface area (Å²) in [5, 5.41) is 10.6. The zero-order valence-corrected chi connectivity index (χ0v) is 60.9. The minimum absolute atomic E-state index is 0.0821. The molecule has 0 aliphatic heterocycles. The second-order valence-electron chi connectivity index (χ2n) is 24.5. The summed E-state index contributed by atoms with van der Waals surface area (Å²) in [4.78, 5) is 72.7. The third kappa shape index (κ3) is 66.8. The summed E-state index contributed by atoms with van der Waals surface area (Å²) < 4.78 is 68.3. The van der Waals surface area contributed by atoms with E-state index in [0.717, 1.165) is 180 Å². The summed E-state index contributed by atoms with van der Waals surface area (Å²) in [6.07, 6.45) is 67.3. The maximum atomic E-state index is 13.0. The molecule has 544 valence electrons. The summed E-state index contributed by atoms with van der Waals surface area (Å²) in [5.41, 5.74) is 0. The summed E-state index contributed by atoms with van der Waals surface area (Å²) in [6, 6.07) is 0. The van der Waals surface area contributed by atoms with Crippen LogP contribution in [0.4, 0.5) is 0 Å². The zero-order valence-electron chi connectivity index (χ0n) is 59.1. The van der Waals surface area contributed by atoms with Crippen molar-refractivity contribution in [2.24, 2.45) is 0 Å². The molecule has 0 aromatic rings. The van der Waals surface area contributed by atoms with Gasteiger partial charge in [0.2, 0.25) is 0 Å². The molecule has 0 aliphatic rings. The van der Waals surface area contributed by atoms with Gasteiger partial charge >= 0.3 is 39.5 Å². The van der Waals surface area contributed by atoms with Crippen molar-refractivity contribution in [1.29, 1.82) is 0 Å². The van der Waals surface area contributed by atoms with Crippen molar-refractivity contribution in [2.45, 2.75) is 329 Å². The van der Waals surface area contributed by atoms with Crippen molar-refractivity contribution in [3.63, 3.8) is 0 Å². The van der Waals surface area contributed by atoms with Crippen LogP contribution < -0.4 is 0 Å². The minimum atomic E-state index is -4.97. The Morgan fingerprint density at radius 2 is 0.585 bits per heavy atom. The third-order valence-electron chi connectivity index (χ3n) is 15.3. The maximum absolute atomic E-state index is 13.0. The van der Waals surface area contributed by atoms with Crippen LogP contribution in [0.5, 0.6) is 0 Å². The largest absolute Gasteiger partial charge is 0.472 e. The zero-order chi connectivity index (χ0) is 69.0. The van der Waals surface area contributed by atoms with Crippen LogP contribution in [0.1, 0.15) is 310 Å². The number of allylic oxidation sites excluding steroid dienone is 14. The number of ether oxygens (including phenoxy) is 4. The smallest absolute Gasteiger partial charge is 0.462 e. The predicted octanol–water partition coefficient (Wildman–Crippen LogP) is 20.7. The van der Waals surface area contributed by atoms with Gasteiger partial charge in [0.05, 0.1) is 26.4 Å². The molecule has 3 N–H and O–H groups in total. The molecule has 0 bridgehead atoms. The number of aliphatic hydroxyl groups is 1. The van der Waals surface area contributed by atoms with Crippen molar-refractivity contribution in [2.75, 3.05) is 39.6 Å². The number of phosphoric acid groups is 2. The number of hydrogen-bond acceptors (Lipinski definition) is 15. The van der Waals surface area contributed by atoms with Gasteiger partial charge in [-0.05, 0) is 128 Å². The van der Waals surface area contributed by atoms with Gasteiger partial charge in [-0.3, -0.25) is 37.3 Å². The van der Waals surface area contributed by atoms with E-state index < -0.39 is 97.5 Å². The fourth-order valence-electron chi connectivity index (χ4n) is 9.66. The van der Waals surface area contributed by atoms with E-state index in [-0.39, 0.29) is 25.7 Å². The molecule has 0 heterocycles. The van der Waals surface area contributed by atoms with Crippen LogP contribution in [0.15, 0.2) is 85.1 Å². The number of hydrogen-bond donors (Lipinski definition) is 3. The molecule has 5 atom stereocenters. The van der Waals surface area contributed by atoms with E-state index in [9.17, 15) is 43.2 Å². The fourth-order valence-corrected chi connectivity index (χ4v) is 11.2. The van der Waals surface area contributed by atoms with Gasteiger partial charge in [0.1, 0.15) is 19.3 Å². The molecule has 0 spiro atoms. The van der Waals surface area contributed by atoms with E-state index in [4.69, 9.17) is 37.0 Å². The summed E-state index contributed by atoms with van der Waals surface area (Å²) in [5.74, 6) is -2.22. The van der Waals surface area contributed by atoms with Crippen LogP contribution in [0.25, 0.3) is 0 Å². The lowest BCUT2D eigenvalue weighted by Crippen LogP contribution is -2.30. The van der Waals surface area contributed by atoms with E-state index in [1.54, 1.807) is 0 Å². The van der Waals surface area contributed by atoms with E-state index in [1.807, 2.05) is 0 Å². The molecule has 0 aromatic heterocycles. The molecule has 0 saturated heterocycles. The second-order valence-corrected chi connectivity index (χ2v) is 27.4. The van der Waals surface area contributed by atoms with Gasteiger partial charge in [-0.2, -0.15) is 0 Å². The summed E-state index contributed by atoms with van der Waals surface area (Å²) in [7, 11) is -9.95. The normalized spacial score (nSPS) is 14.5. The summed E-state index contributed by atoms with van der Waals surface area (Å²) >= 11 is 0. The van der Waals surface area contributed by atoms with E-state index in [2.05, 4.69) is 113 Å². The Hall–Kier alpha value is -3.76. The number of phosphoric ester groups is 2. The van der Waals surface area contributed by atoms with Crippen LogP contribution in [-0.2, 0) is 65.4 Å². The fraction of sp³-hybridized carbons (Fsp3) is 0.760. The Bertz CT molecular complexity index is 2120. The van der Waals surface area contributed by atoms with Crippen molar-refractivity contribution < 1.29 is 80.2 Å². The monoisotopic (exact) mass is 1370 g/mol. The number of carbonyl (C=O) groups is 4. The molecule has 5 unspecified atom stereocenters. The SMILES string of the molecule is CC/C=C\C/C=C\C/C=C\CCCCCCCC(=O)OCC(COP(=O)(O)OCC(O)COP(=O)(O)OCC(COC(=O)CCCCCCC/C=C\C/C=C\CCC)OC(=O)CCCCCCC/C=C\CCCC)OC(=O)CCCCCCC/C=C\CCCCCCCC. The molecule has 0 saturated carbocycles. The number of aliphatic hydroxyl groups excluding tert-OH is 1. The molecule has 0 aromatic carbocycles. The van der Waals surface area contributed by atoms with E-state index in [0.29, 0.717) is 25.7 Å². The predicted molar refractivity (Wildman–Crippen MR) is 381 cm³/mol. The first-order chi connectivity index (χ1) is 45.7. The molecule has 19 heteroatoms. The Kier molecular flexibility index (Phi) is 65.1. The van der Waals surface area contributed by atoms with Gasteiger partial charge in [0.15, 0.2) is 12.2 Å². The highest BCUT2D eigenvalue weighted by Crippen LogP contribution is 2.45. The molecular formula is C75H132O17P2. The van der Waals surface area contributed by atoms with Crippen LogP contribution in [0.3, 0.4) is 0 Å². The molecule has 0 rings (SSSR count). The molecule has 0 amide bonds. The Morgan fingerprint density at radius 1 is 0.309 bits per heavy atom. The maximum Gasteiger partial charge on any atom is 0.472 e. The van der Waals surface area contributed by atoms with Crippen molar-refractivity contribution in [3.05, 3.63) is 85.1 Å². The van der Waals surface area contributed by atoms with Gasteiger partial charge in [-0.15, -0.1) is 0 Å². The van der Waals surface area contributed by atoms with Crippen molar-refractivity contribution in [1.82, 2.24) is 0 Å². The third-order valence-corrected chi connectivity index (χ3v) is 17.2. The highest BCUT2D eigenvalue weighted by atomic mass is 31.2. The highest BCUT2D eigenvalue weighted by molar-refractivity contribution is 7.47. The molecular weight excluding hydrogens is 1230 g/mol. The lowest BCUT2D eigenvalue weighted by Gasteiger charge is -2.21. The van der Waals surface area contributed by atoms with Gasteiger partial charge < -0.3 is 33.8 Å². The van der Waals surface area contributed by atoms with Crippen LogP contribution in [0, 0.1) is 0 Å². The Labute approximate surface area is 570 Å². The first-order valence-electron chi connectivity index (χ1n) is 36.8. The minimum Gasteiger partial charge on any atom is -0.462 e. The van der Waals surface area contributed by atoms with Crippen molar-refractivity contribution in [3.8, 4) is 0 Å². The first kappa shape index (κ1) is 90.2. The van der Waals surface area contributed by atoms with Gasteiger partial charge in [0.25, 0.3) is 0 Å². The quantitative estimate of drug-likeness (QED) is 0.0169. The van der Waals surface area contributed by atoms with Crippen molar-refractivity contribution >= 4 is 39.5 Å². The Balaban J connectivity index is 5.34. The molecule has 94 heavy (non-hydrogen) atoms. The molecule has 0 radical (unpaired) electrons. The first-order valence-corrected chi connectivity index (χ1v) is 39.8. The van der Waals surface area contributed by atoms with Gasteiger partial charge in [0, 0.05) is 25.7 Å². The Morgan fingerprint density at radius 3 is 0.936 bits per heavy atom. The lowest BCUT2D eigenvalue weighted by atomic mass is 10.1. The molecule has 0 fully saturated rings. The van der Waals surface area contributed by atoms with Crippen LogP contribution in [0.2, 0.25) is 0 Å². The standard InChI is InChI=1S/C75H132O17P2/c1-5-9-13-17-21-25-29-32-34-37-41-44-48-52-56-60-73(78)86-66-71(92-75(80)62-58-54-50-46-42-38-35-33-30-26-22-18-14-10-6-2)68-90-94(83,84)88-64-69(76)63-87-93(81,82)89-67-70(91-74(79)61-57-53-49-45-39-28-24-20-16-12-8-4)65-85-72(77)59-55-51-47-43-40-36-31-27-23-19-15-11-7-3/h9,13,15,19-21,24-25,27,31-35,69-71,76H,5-8,10-12,14,16-18,22-23,26,28-30,36-68H2,1-4H3,(H,81,82)(H,83,84)/b13-9-,19-15-,24-20-,25-21-,31-27-,34-32-,35-33-. The average Bonchev–Trinajstić information content (AvgIpc) is 1.36. The lowest BCUT2D eigenvalue weighted by molar-refractivity contribution is -0.161. The number of carbonyl (C=O) groups excluding carboxylic acids is 4. The highest BCUT2D eigenvalue weighted by Gasteiger charge is 2.30. The van der Waals surface area contributed by atoms with Gasteiger partial charge in [-0.25, -0.2) is 9.13 Å². The molecule has 0 aliphatic carbocycles. The molecule has 17 nitrogen and oxygen atoms in total. The second kappa shape index (κ2) is 67.8. The number of rotatable bonds is 69. The van der Waals surface area contributed by atoms with Gasteiger partial charge in [-0.1, -0.05) is 241 Å².